The van der Waals surface area contributed by atoms with Crippen LogP contribution in [0.2, 0.25) is 0 Å². The topological polar surface area (TPSA) is 103 Å². The Morgan fingerprint density at radius 3 is 2.62 bits per heavy atom. The van der Waals surface area contributed by atoms with Gasteiger partial charge in [-0.25, -0.2) is 14.3 Å². The number of nitrogens with one attached hydrogen (secondary N) is 1. The third-order valence-electron chi connectivity index (χ3n) is 4.46. The van der Waals surface area contributed by atoms with Crippen molar-refractivity contribution in [2.45, 2.75) is 26.3 Å². The van der Waals surface area contributed by atoms with E-state index in [0.29, 0.717) is 32.6 Å². The first-order valence-electron chi connectivity index (χ1n) is 8.77. The van der Waals surface area contributed by atoms with Gasteiger partial charge >= 0.3 is 6.09 Å². The van der Waals surface area contributed by atoms with Crippen LogP contribution in [0.25, 0.3) is 5.65 Å². The highest BCUT2D eigenvalue weighted by Gasteiger charge is 2.29. The number of amides is 2. The van der Waals surface area contributed by atoms with Crippen LogP contribution in [0.3, 0.4) is 0 Å². The van der Waals surface area contributed by atoms with Crippen LogP contribution >= 0.6 is 0 Å². The molecule has 0 saturated carbocycles. The SMILES string of the molecule is CC(C)CC(NC(=O)O)C(=O)N1CCN(c2ccc3nccn3n2)CC1. The Labute approximate surface area is 151 Å². The first-order chi connectivity index (χ1) is 12.4. The highest BCUT2D eigenvalue weighted by molar-refractivity contribution is 5.85. The molecule has 26 heavy (non-hydrogen) atoms. The largest absolute Gasteiger partial charge is 0.465 e. The quantitative estimate of drug-likeness (QED) is 0.826. The lowest BCUT2D eigenvalue weighted by Gasteiger charge is -2.37. The first kappa shape index (κ1) is 18.0. The lowest BCUT2D eigenvalue weighted by Crippen LogP contribution is -2.55. The second kappa shape index (κ2) is 7.59. The minimum Gasteiger partial charge on any atom is -0.465 e. The number of carbonyl (C=O) groups is 2. The standard InChI is InChI=1S/C17H24N6O3/c1-12(2)11-13(19-17(25)26)16(24)22-9-7-21(8-10-22)15-4-3-14-18-5-6-23(14)20-15/h3-6,12-13,19H,7-11H2,1-2H3,(H,25,26). The molecule has 0 aliphatic carbocycles. The van der Waals surface area contributed by atoms with Gasteiger partial charge in [-0.2, -0.15) is 0 Å². The maximum absolute atomic E-state index is 12.7. The van der Waals surface area contributed by atoms with Crippen molar-refractivity contribution >= 4 is 23.5 Å². The molecule has 1 aliphatic heterocycles. The Morgan fingerprint density at radius 1 is 1.23 bits per heavy atom. The summed E-state index contributed by atoms with van der Waals surface area (Å²) in [5.74, 6) is 0.909. The number of hydrogen-bond acceptors (Lipinski definition) is 5. The molecule has 1 atom stereocenters. The summed E-state index contributed by atoms with van der Waals surface area (Å²) in [4.78, 5) is 31.7. The molecule has 1 saturated heterocycles. The minimum atomic E-state index is -1.17. The summed E-state index contributed by atoms with van der Waals surface area (Å²) in [6.45, 7) is 6.33. The second-order valence-corrected chi connectivity index (χ2v) is 6.87. The lowest BCUT2D eigenvalue weighted by molar-refractivity contribution is -0.134. The number of carbonyl (C=O) groups excluding carboxylic acids is 1. The van der Waals surface area contributed by atoms with Gasteiger partial charge in [-0.15, -0.1) is 5.10 Å². The average Bonchev–Trinajstić information content (AvgIpc) is 3.07. The lowest BCUT2D eigenvalue weighted by atomic mass is 10.0. The van der Waals surface area contributed by atoms with E-state index in [2.05, 4.69) is 20.3 Å². The zero-order valence-corrected chi connectivity index (χ0v) is 15.0. The summed E-state index contributed by atoms with van der Waals surface area (Å²) >= 11 is 0. The van der Waals surface area contributed by atoms with Gasteiger partial charge in [0, 0.05) is 38.6 Å². The van der Waals surface area contributed by atoms with Gasteiger partial charge in [0.25, 0.3) is 0 Å². The molecule has 9 nitrogen and oxygen atoms in total. The van der Waals surface area contributed by atoms with Crippen LogP contribution in [-0.2, 0) is 4.79 Å². The summed E-state index contributed by atoms with van der Waals surface area (Å²) in [6.07, 6.45) is 2.82. The molecular weight excluding hydrogens is 336 g/mol. The van der Waals surface area contributed by atoms with E-state index in [1.165, 1.54) is 0 Å². The summed E-state index contributed by atoms with van der Waals surface area (Å²) in [5, 5.41) is 15.9. The van der Waals surface area contributed by atoms with Crippen LogP contribution in [0, 0.1) is 5.92 Å². The molecule has 1 unspecified atom stereocenters. The van der Waals surface area contributed by atoms with Crippen LogP contribution in [0.4, 0.5) is 10.6 Å². The molecule has 140 valence electrons. The van der Waals surface area contributed by atoms with E-state index in [-0.39, 0.29) is 11.8 Å². The number of anilines is 1. The van der Waals surface area contributed by atoms with E-state index in [0.717, 1.165) is 11.5 Å². The molecule has 2 N–H and O–H groups in total. The van der Waals surface area contributed by atoms with Crippen molar-refractivity contribution in [3.05, 3.63) is 24.5 Å². The number of imidazole rings is 1. The maximum atomic E-state index is 12.7. The first-order valence-corrected chi connectivity index (χ1v) is 8.77. The van der Waals surface area contributed by atoms with Crippen molar-refractivity contribution in [2.75, 3.05) is 31.1 Å². The maximum Gasteiger partial charge on any atom is 0.405 e. The number of carboxylic acid groups (broad SMARTS) is 1. The Kier molecular flexibility index (Phi) is 5.24. The monoisotopic (exact) mass is 360 g/mol. The number of fused-ring (bicyclic) bond motifs is 1. The van der Waals surface area contributed by atoms with Gasteiger partial charge in [0.05, 0.1) is 0 Å². The second-order valence-electron chi connectivity index (χ2n) is 6.87. The number of hydrogen-bond donors (Lipinski definition) is 2. The highest BCUT2D eigenvalue weighted by Crippen LogP contribution is 2.16. The Balaban J connectivity index is 1.62. The highest BCUT2D eigenvalue weighted by atomic mass is 16.4. The number of nitrogens with zero attached hydrogens (tertiary/aromatic N) is 5. The third-order valence-corrected chi connectivity index (χ3v) is 4.46. The fourth-order valence-electron chi connectivity index (χ4n) is 3.19. The molecule has 1 fully saturated rings. The predicted octanol–water partition coefficient (Wildman–Crippen LogP) is 1.06. The average molecular weight is 360 g/mol. The van der Waals surface area contributed by atoms with E-state index in [1.807, 2.05) is 26.0 Å². The molecular formula is C17H24N6O3. The molecule has 2 aromatic rings. The van der Waals surface area contributed by atoms with Crippen molar-refractivity contribution in [3.8, 4) is 0 Å². The molecule has 0 spiro atoms. The van der Waals surface area contributed by atoms with E-state index in [1.54, 1.807) is 21.8 Å². The fraction of sp³-hybridized carbons (Fsp3) is 0.529. The van der Waals surface area contributed by atoms with E-state index in [9.17, 15) is 9.59 Å². The molecule has 0 radical (unpaired) electrons. The minimum absolute atomic E-state index is 0.154. The van der Waals surface area contributed by atoms with Crippen LogP contribution in [0.15, 0.2) is 24.5 Å². The molecule has 2 amide bonds. The summed E-state index contributed by atoms with van der Waals surface area (Å²) in [5.41, 5.74) is 0.791. The Bertz CT molecular complexity index is 782. The molecule has 1 aliphatic rings. The smallest absolute Gasteiger partial charge is 0.405 e. The van der Waals surface area contributed by atoms with Crippen molar-refractivity contribution in [3.63, 3.8) is 0 Å². The van der Waals surface area contributed by atoms with Crippen molar-refractivity contribution in [1.82, 2.24) is 24.8 Å². The van der Waals surface area contributed by atoms with Gasteiger partial charge in [-0.3, -0.25) is 4.79 Å². The van der Waals surface area contributed by atoms with Crippen LogP contribution in [0.5, 0.6) is 0 Å². The number of piperazine rings is 1. The van der Waals surface area contributed by atoms with Gasteiger partial charge < -0.3 is 20.2 Å². The zero-order valence-electron chi connectivity index (χ0n) is 15.0. The fourth-order valence-corrected chi connectivity index (χ4v) is 3.19. The van der Waals surface area contributed by atoms with Crippen molar-refractivity contribution in [1.29, 1.82) is 0 Å². The Hall–Kier alpha value is -2.84. The summed E-state index contributed by atoms with van der Waals surface area (Å²) < 4.78 is 1.72. The van der Waals surface area contributed by atoms with Crippen LogP contribution in [-0.4, -0.2) is 68.8 Å². The van der Waals surface area contributed by atoms with Gasteiger partial charge in [0.2, 0.25) is 5.91 Å². The number of rotatable bonds is 5. The zero-order chi connectivity index (χ0) is 18.7. The third kappa shape index (κ3) is 4.04. The summed E-state index contributed by atoms with van der Waals surface area (Å²) in [6, 6.07) is 3.14. The normalized spacial score (nSPS) is 16.1. The van der Waals surface area contributed by atoms with Crippen molar-refractivity contribution < 1.29 is 14.7 Å². The Morgan fingerprint density at radius 2 is 1.96 bits per heavy atom. The molecule has 0 aromatic carbocycles. The van der Waals surface area contributed by atoms with Crippen molar-refractivity contribution in [2.24, 2.45) is 5.92 Å². The van der Waals surface area contributed by atoms with Gasteiger partial charge in [-0.05, 0) is 24.5 Å². The molecule has 2 aromatic heterocycles. The van der Waals surface area contributed by atoms with E-state index in [4.69, 9.17) is 5.11 Å². The molecule has 3 heterocycles. The van der Waals surface area contributed by atoms with Gasteiger partial charge in [0.15, 0.2) is 5.65 Å². The van der Waals surface area contributed by atoms with Gasteiger partial charge in [-0.1, -0.05) is 13.8 Å². The molecule has 0 bridgehead atoms. The van der Waals surface area contributed by atoms with Crippen LogP contribution in [0.1, 0.15) is 20.3 Å². The molecule has 3 rings (SSSR count). The van der Waals surface area contributed by atoms with E-state index < -0.39 is 12.1 Å². The molecule has 9 heteroatoms. The van der Waals surface area contributed by atoms with E-state index >= 15 is 0 Å². The summed E-state index contributed by atoms with van der Waals surface area (Å²) in [7, 11) is 0. The van der Waals surface area contributed by atoms with Crippen LogP contribution < -0.4 is 10.2 Å². The van der Waals surface area contributed by atoms with Gasteiger partial charge in [0.1, 0.15) is 11.9 Å². The number of aromatic nitrogens is 3. The predicted molar refractivity (Wildman–Crippen MR) is 96.2 cm³/mol.